The molecule has 1 saturated carbocycles. The summed E-state index contributed by atoms with van der Waals surface area (Å²) in [5, 5.41) is 2.37. The predicted octanol–water partition coefficient (Wildman–Crippen LogP) is 4.90. The summed E-state index contributed by atoms with van der Waals surface area (Å²) < 4.78 is 39.7. The van der Waals surface area contributed by atoms with Gasteiger partial charge in [0.15, 0.2) is 17.2 Å². The number of ether oxygens (including phenoxy) is 2. The number of carbonyl (C=O) groups is 3. The fourth-order valence-electron chi connectivity index (χ4n) is 3.44. The molecule has 1 aliphatic carbocycles. The number of benzene rings is 2. The lowest BCUT2D eigenvalue weighted by molar-refractivity contribution is -0.146. The van der Waals surface area contributed by atoms with Crippen LogP contribution in [0.3, 0.4) is 0 Å². The lowest BCUT2D eigenvalue weighted by atomic mass is 10.1. The van der Waals surface area contributed by atoms with Gasteiger partial charge in [-0.3, -0.25) is 4.79 Å². The van der Waals surface area contributed by atoms with Crippen molar-refractivity contribution in [1.82, 2.24) is 0 Å². The Labute approximate surface area is 208 Å². The van der Waals surface area contributed by atoms with E-state index in [0.717, 1.165) is 5.56 Å². The first kappa shape index (κ1) is 26.6. The molecule has 1 aliphatic rings. The zero-order valence-corrected chi connectivity index (χ0v) is 20.3. The molecule has 190 valence electrons. The number of amides is 1. The lowest BCUT2D eigenvalue weighted by Crippen LogP contribution is -2.26. The average molecular weight is 499 g/mol. The van der Waals surface area contributed by atoms with Gasteiger partial charge in [0.05, 0.1) is 18.9 Å². The minimum atomic E-state index is -1.21. The Bertz CT molecular complexity index is 1170. The van der Waals surface area contributed by atoms with Crippen LogP contribution in [0.2, 0.25) is 0 Å². The second-order valence-corrected chi connectivity index (χ2v) is 8.05. The van der Waals surface area contributed by atoms with Crippen molar-refractivity contribution in [3.05, 3.63) is 77.0 Å². The molecule has 0 aromatic heterocycles. The fourth-order valence-corrected chi connectivity index (χ4v) is 3.44. The molecular formula is C27H28F2N2O5. The zero-order chi connectivity index (χ0) is 26.2. The summed E-state index contributed by atoms with van der Waals surface area (Å²) >= 11 is 0. The Morgan fingerprint density at radius 1 is 1.03 bits per heavy atom. The Morgan fingerprint density at radius 2 is 1.64 bits per heavy atom. The number of nitrogens with zero attached hydrogens (tertiary/aromatic N) is 1. The molecule has 0 atom stereocenters. The maximum atomic E-state index is 14.9. The zero-order valence-electron chi connectivity index (χ0n) is 20.3. The normalized spacial score (nSPS) is 12.7. The summed E-state index contributed by atoms with van der Waals surface area (Å²) in [6.07, 6.45) is 5.41. The number of hydrogen-bond donors (Lipinski definition) is 1. The third kappa shape index (κ3) is 6.56. The summed E-state index contributed by atoms with van der Waals surface area (Å²) in [5.41, 5.74) is 0.180. The van der Waals surface area contributed by atoms with Crippen LogP contribution in [0.1, 0.15) is 37.8 Å². The van der Waals surface area contributed by atoms with Crippen molar-refractivity contribution in [2.45, 2.75) is 39.7 Å². The Morgan fingerprint density at radius 3 is 2.19 bits per heavy atom. The van der Waals surface area contributed by atoms with E-state index in [2.05, 4.69) is 5.32 Å². The van der Waals surface area contributed by atoms with Crippen molar-refractivity contribution in [2.75, 3.05) is 23.4 Å². The molecule has 0 bridgehead atoms. The number of hydrogen-bond acceptors (Lipinski definition) is 6. The summed E-state index contributed by atoms with van der Waals surface area (Å²) in [6, 6.07) is 10.1. The van der Waals surface area contributed by atoms with Gasteiger partial charge < -0.3 is 19.7 Å². The van der Waals surface area contributed by atoms with E-state index >= 15 is 0 Å². The van der Waals surface area contributed by atoms with E-state index in [1.165, 1.54) is 30.2 Å². The first-order chi connectivity index (χ1) is 17.3. The van der Waals surface area contributed by atoms with Crippen LogP contribution in [-0.4, -0.2) is 37.1 Å². The topological polar surface area (TPSA) is 84.9 Å². The number of halogens is 2. The first-order valence-electron chi connectivity index (χ1n) is 11.6. The van der Waals surface area contributed by atoms with Gasteiger partial charge in [0.2, 0.25) is 5.91 Å². The van der Waals surface area contributed by atoms with Gasteiger partial charge in [0.1, 0.15) is 0 Å². The summed E-state index contributed by atoms with van der Waals surface area (Å²) in [6.45, 7) is 4.65. The van der Waals surface area contributed by atoms with E-state index in [1.54, 1.807) is 44.2 Å². The quantitative estimate of drug-likeness (QED) is 0.217. The molecule has 0 radical (unpaired) electrons. The number of esters is 2. The van der Waals surface area contributed by atoms with Gasteiger partial charge in [-0.2, -0.15) is 0 Å². The van der Waals surface area contributed by atoms with Crippen LogP contribution in [-0.2, 0) is 23.9 Å². The molecule has 1 fully saturated rings. The molecule has 0 spiro atoms. The fraction of sp³-hybridized carbons (Fsp3) is 0.296. The third-order valence-corrected chi connectivity index (χ3v) is 5.39. The van der Waals surface area contributed by atoms with E-state index in [-0.39, 0.29) is 41.8 Å². The predicted molar refractivity (Wildman–Crippen MR) is 132 cm³/mol. The molecule has 0 heterocycles. The minimum Gasteiger partial charge on any atom is -0.462 e. The summed E-state index contributed by atoms with van der Waals surface area (Å²) in [5.74, 6) is -4.79. The molecule has 0 saturated heterocycles. The van der Waals surface area contributed by atoms with Crippen molar-refractivity contribution in [3.63, 3.8) is 0 Å². The van der Waals surface area contributed by atoms with Crippen LogP contribution in [0.25, 0.3) is 6.08 Å². The van der Waals surface area contributed by atoms with Crippen molar-refractivity contribution >= 4 is 35.3 Å². The maximum Gasteiger partial charge on any atom is 0.347 e. The van der Waals surface area contributed by atoms with Crippen molar-refractivity contribution in [3.8, 4) is 0 Å². The number of rotatable bonds is 10. The van der Waals surface area contributed by atoms with Gasteiger partial charge >= 0.3 is 11.9 Å². The molecule has 7 nitrogen and oxygen atoms in total. The molecule has 0 unspecified atom stereocenters. The van der Waals surface area contributed by atoms with Crippen LogP contribution in [0.4, 0.5) is 20.2 Å². The minimum absolute atomic E-state index is 0.0376. The van der Waals surface area contributed by atoms with Gasteiger partial charge in [-0.05, 0) is 51.3 Å². The maximum absolute atomic E-state index is 14.9. The molecule has 2 aromatic carbocycles. The van der Waals surface area contributed by atoms with Gasteiger partial charge in [-0.15, -0.1) is 0 Å². The third-order valence-electron chi connectivity index (χ3n) is 5.39. The van der Waals surface area contributed by atoms with E-state index in [0.29, 0.717) is 12.8 Å². The SMILES string of the molecule is CCOC(=O)C(=CN(c1cc(NC(=O)/C=C/c2ccccc2)c(F)c(F)c1C)C1CC1)C(=O)OCC. The highest BCUT2D eigenvalue weighted by molar-refractivity contribution is 6.14. The van der Waals surface area contributed by atoms with Crippen molar-refractivity contribution < 1.29 is 32.6 Å². The van der Waals surface area contributed by atoms with E-state index < -0.39 is 29.5 Å². The largest absolute Gasteiger partial charge is 0.462 e. The molecule has 1 amide bonds. The Kier molecular flexibility index (Phi) is 8.94. The number of anilines is 2. The standard InChI is InChI=1S/C27H28F2N2O5/c1-4-35-26(33)20(27(34)36-5-2)16-31(19-12-13-19)22-15-21(25(29)24(28)17(22)3)30-23(32)14-11-18-9-7-6-8-10-18/h6-11,14-16,19H,4-5,12-13H2,1-3H3,(H,30,32)/b14-11+. The lowest BCUT2D eigenvalue weighted by Gasteiger charge is -2.25. The van der Waals surface area contributed by atoms with E-state index in [1.807, 2.05) is 6.07 Å². The van der Waals surface area contributed by atoms with Gasteiger partial charge in [-0.1, -0.05) is 30.3 Å². The van der Waals surface area contributed by atoms with Crippen molar-refractivity contribution in [2.24, 2.45) is 0 Å². The highest BCUT2D eigenvalue weighted by Crippen LogP contribution is 2.38. The smallest absolute Gasteiger partial charge is 0.347 e. The van der Waals surface area contributed by atoms with E-state index in [9.17, 15) is 23.2 Å². The highest BCUT2D eigenvalue weighted by Gasteiger charge is 2.33. The molecule has 9 heteroatoms. The van der Waals surface area contributed by atoms with Crippen LogP contribution in [0.15, 0.2) is 54.2 Å². The van der Waals surface area contributed by atoms with Crippen LogP contribution in [0, 0.1) is 18.6 Å². The van der Waals surface area contributed by atoms with E-state index in [4.69, 9.17) is 9.47 Å². The second-order valence-electron chi connectivity index (χ2n) is 8.05. The molecule has 2 aromatic rings. The van der Waals surface area contributed by atoms with Crippen molar-refractivity contribution in [1.29, 1.82) is 0 Å². The Balaban J connectivity index is 1.98. The highest BCUT2D eigenvalue weighted by atomic mass is 19.2. The average Bonchev–Trinajstić information content (AvgIpc) is 3.70. The number of nitrogens with one attached hydrogen (secondary N) is 1. The van der Waals surface area contributed by atoms with Crippen LogP contribution in [0.5, 0.6) is 0 Å². The molecule has 0 aliphatic heterocycles. The first-order valence-corrected chi connectivity index (χ1v) is 11.6. The Hall–Kier alpha value is -4.01. The van der Waals surface area contributed by atoms with Crippen LogP contribution >= 0.6 is 0 Å². The number of carbonyl (C=O) groups excluding carboxylic acids is 3. The summed E-state index contributed by atoms with van der Waals surface area (Å²) in [7, 11) is 0. The summed E-state index contributed by atoms with van der Waals surface area (Å²) in [4.78, 5) is 38.9. The van der Waals surface area contributed by atoms with Gasteiger partial charge in [0.25, 0.3) is 0 Å². The van der Waals surface area contributed by atoms with Crippen LogP contribution < -0.4 is 10.2 Å². The monoisotopic (exact) mass is 498 g/mol. The van der Waals surface area contributed by atoms with Gasteiger partial charge in [0, 0.05) is 29.6 Å². The molecule has 1 N–H and O–H groups in total. The van der Waals surface area contributed by atoms with Gasteiger partial charge in [-0.25, -0.2) is 18.4 Å². The molecule has 36 heavy (non-hydrogen) atoms. The molecular weight excluding hydrogens is 470 g/mol. The second kappa shape index (κ2) is 12.1. The molecule has 3 rings (SSSR count).